The lowest BCUT2D eigenvalue weighted by Crippen LogP contribution is -2.48. The molecule has 0 amide bonds. The molecule has 0 N–H and O–H groups in total. The van der Waals surface area contributed by atoms with Gasteiger partial charge in [0.15, 0.2) is 10.3 Å². The van der Waals surface area contributed by atoms with Crippen molar-refractivity contribution in [1.29, 1.82) is 0 Å². The van der Waals surface area contributed by atoms with E-state index in [1.165, 1.54) is 24.9 Å². The molecule has 0 unspecified atom stereocenters. The number of thioether (sulfide) groups is 1. The third kappa shape index (κ3) is 4.15. The minimum Gasteiger partial charge on any atom is -0.368 e. The molecule has 0 bridgehead atoms. The highest BCUT2D eigenvalue weighted by Crippen LogP contribution is 2.24. The topological polar surface area (TPSA) is 46.8 Å². The van der Waals surface area contributed by atoms with E-state index in [9.17, 15) is 0 Å². The molecule has 3 aliphatic heterocycles. The predicted molar refractivity (Wildman–Crippen MR) is 112 cm³/mol. The van der Waals surface area contributed by atoms with Gasteiger partial charge in [-0.1, -0.05) is 17.7 Å². The Morgan fingerprint density at radius 3 is 2.35 bits per heavy atom. The molecule has 2 saturated heterocycles. The van der Waals surface area contributed by atoms with Gasteiger partial charge in [-0.15, -0.1) is 10.2 Å². The van der Waals surface area contributed by atoms with Gasteiger partial charge < -0.3 is 14.7 Å². The molecule has 26 heavy (non-hydrogen) atoms. The number of benzene rings is 1. The summed E-state index contributed by atoms with van der Waals surface area (Å²) in [6, 6.07) is 8.06. The summed E-state index contributed by atoms with van der Waals surface area (Å²) in [5.74, 6) is 0. The van der Waals surface area contributed by atoms with Crippen LogP contribution in [0, 0.1) is 0 Å². The molecular weight excluding hydrogens is 368 g/mol. The molecule has 3 heterocycles. The molecule has 3 aliphatic rings. The number of likely N-dealkylation sites (tertiary alicyclic amines) is 1. The van der Waals surface area contributed by atoms with Gasteiger partial charge in [-0.3, -0.25) is 0 Å². The van der Waals surface area contributed by atoms with E-state index < -0.39 is 0 Å². The van der Waals surface area contributed by atoms with Crippen LogP contribution < -0.4 is 4.90 Å². The SMILES string of the molecule is Clc1cccc(N2CCN(C3=NN=CN=C(N4CCCCC4)S3)CC2)c1. The predicted octanol–water partition coefficient (Wildman–Crippen LogP) is 3.35. The molecule has 0 aliphatic carbocycles. The molecular formula is C18H23ClN6S. The average molecular weight is 391 g/mol. The molecule has 0 spiro atoms. The van der Waals surface area contributed by atoms with Crippen LogP contribution >= 0.6 is 23.4 Å². The van der Waals surface area contributed by atoms with Gasteiger partial charge in [0.25, 0.3) is 0 Å². The standard InChI is InChI=1S/C18H23ClN6S/c19-15-5-4-6-16(13-15)23-9-11-25(12-10-23)18-22-21-14-20-17(26-18)24-7-2-1-3-8-24/h4-6,13-14H,1-3,7-12H2. The first kappa shape index (κ1) is 17.7. The van der Waals surface area contributed by atoms with Gasteiger partial charge in [0.05, 0.1) is 0 Å². The summed E-state index contributed by atoms with van der Waals surface area (Å²) < 4.78 is 0. The van der Waals surface area contributed by atoms with Gasteiger partial charge in [0, 0.05) is 50.0 Å². The third-order valence-electron chi connectivity index (χ3n) is 4.90. The maximum Gasteiger partial charge on any atom is 0.193 e. The maximum absolute atomic E-state index is 6.13. The molecule has 1 aromatic rings. The number of amidine groups is 2. The zero-order valence-corrected chi connectivity index (χ0v) is 16.3. The second-order valence-corrected chi connectivity index (χ2v) is 8.00. The van der Waals surface area contributed by atoms with Crippen molar-refractivity contribution in [3.63, 3.8) is 0 Å². The van der Waals surface area contributed by atoms with Crippen LogP contribution in [0.3, 0.4) is 0 Å². The van der Waals surface area contributed by atoms with E-state index in [0.29, 0.717) is 0 Å². The van der Waals surface area contributed by atoms with Crippen molar-refractivity contribution in [1.82, 2.24) is 9.80 Å². The lowest BCUT2D eigenvalue weighted by atomic mass is 10.1. The number of rotatable bonds is 1. The number of piperazine rings is 1. The number of nitrogens with zero attached hydrogens (tertiary/aromatic N) is 6. The Bertz CT molecular complexity index is 720. The zero-order valence-electron chi connectivity index (χ0n) is 14.7. The molecule has 1 aromatic carbocycles. The molecule has 6 nitrogen and oxygen atoms in total. The summed E-state index contributed by atoms with van der Waals surface area (Å²) in [6.07, 6.45) is 5.37. The molecule has 4 rings (SSSR count). The Hall–Kier alpha value is -1.73. The normalized spacial score (nSPS) is 21.3. The van der Waals surface area contributed by atoms with Crippen molar-refractivity contribution in [2.24, 2.45) is 15.2 Å². The van der Waals surface area contributed by atoms with Crippen LogP contribution in [0.5, 0.6) is 0 Å². The quantitative estimate of drug-likeness (QED) is 0.737. The summed E-state index contributed by atoms with van der Waals surface area (Å²) in [7, 11) is 0. The first-order chi connectivity index (χ1) is 12.8. The summed E-state index contributed by atoms with van der Waals surface area (Å²) in [5, 5.41) is 11.3. The van der Waals surface area contributed by atoms with E-state index in [-0.39, 0.29) is 0 Å². The molecule has 0 atom stereocenters. The third-order valence-corrected chi connectivity index (χ3v) is 6.20. The Morgan fingerprint density at radius 2 is 1.58 bits per heavy atom. The van der Waals surface area contributed by atoms with Crippen LogP contribution in [-0.4, -0.2) is 65.7 Å². The highest BCUT2D eigenvalue weighted by Gasteiger charge is 2.25. The fraction of sp³-hybridized carbons (Fsp3) is 0.500. The lowest BCUT2D eigenvalue weighted by Gasteiger charge is -2.37. The molecule has 138 valence electrons. The second kappa shape index (κ2) is 8.31. The van der Waals surface area contributed by atoms with Crippen molar-refractivity contribution < 1.29 is 0 Å². The van der Waals surface area contributed by atoms with Crippen LogP contribution in [0.4, 0.5) is 5.69 Å². The summed E-state index contributed by atoms with van der Waals surface area (Å²) in [6.45, 7) is 5.88. The minimum atomic E-state index is 0.783. The molecule has 8 heteroatoms. The van der Waals surface area contributed by atoms with Crippen LogP contribution in [0.2, 0.25) is 5.02 Å². The fourth-order valence-corrected chi connectivity index (χ4v) is 4.63. The van der Waals surface area contributed by atoms with Crippen LogP contribution in [0.25, 0.3) is 0 Å². The van der Waals surface area contributed by atoms with E-state index in [1.54, 1.807) is 18.1 Å². The molecule has 0 aromatic heterocycles. The number of hydrogen-bond donors (Lipinski definition) is 0. The van der Waals surface area contributed by atoms with Gasteiger partial charge in [-0.25, -0.2) is 4.99 Å². The van der Waals surface area contributed by atoms with Gasteiger partial charge in [0.1, 0.15) is 6.34 Å². The summed E-state index contributed by atoms with van der Waals surface area (Å²) >= 11 is 7.78. The Morgan fingerprint density at radius 1 is 0.846 bits per heavy atom. The van der Waals surface area contributed by atoms with Crippen molar-refractivity contribution in [3.8, 4) is 0 Å². The number of piperidine rings is 1. The number of hydrogen-bond acceptors (Lipinski definition) is 7. The molecule has 2 fully saturated rings. The summed E-state index contributed by atoms with van der Waals surface area (Å²) in [4.78, 5) is 11.6. The highest BCUT2D eigenvalue weighted by molar-refractivity contribution is 8.26. The summed E-state index contributed by atoms with van der Waals surface area (Å²) in [5.41, 5.74) is 1.18. The monoisotopic (exact) mass is 390 g/mol. The Kier molecular flexibility index (Phi) is 5.65. The van der Waals surface area contributed by atoms with Gasteiger partial charge in [0.2, 0.25) is 0 Å². The van der Waals surface area contributed by atoms with E-state index in [0.717, 1.165) is 54.6 Å². The first-order valence-electron chi connectivity index (χ1n) is 9.15. The van der Waals surface area contributed by atoms with E-state index in [1.807, 2.05) is 18.2 Å². The van der Waals surface area contributed by atoms with E-state index in [4.69, 9.17) is 11.6 Å². The zero-order chi connectivity index (χ0) is 17.8. The minimum absolute atomic E-state index is 0.783. The number of aliphatic imine (C=N–C) groups is 1. The first-order valence-corrected chi connectivity index (χ1v) is 10.3. The second-order valence-electron chi connectivity index (χ2n) is 6.63. The average Bonchev–Trinajstić information content (AvgIpc) is 2.95. The smallest absolute Gasteiger partial charge is 0.193 e. The van der Waals surface area contributed by atoms with Crippen molar-refractivity contribution in [3.05, 3.63) is 29.3 Å². The Balaban J connectivity index is 1.38. The largest absolute Gasteiger partial charge is 0.368 e. The Labute approximate surface area is 163 Å². The van der Waals surface area contributed by atoms with Crippen LogP contribution in [0.1, 0.15) is 19.3 Å². The van der Waals surface area contributed by atoms with Gasteiger partial charge >= 0.3 is 0 Å². The van der Waals surface area contributed by atoms with Crippen molar-refractivity contribution in [2.75, 3.05) is 44.2 Å². The van der Waals surface area contributed by atoms with Crippen molar-refractivity contribution in [2.45, 2.75) is 19.3 Å². The van der Waals surface area contributed by atoms with Crippen molar-refractivity contribution >= 4 is 45.7 Å². The molecule has 0 radical (unpaired) electrons. The van der Waals surface area contributed by atoms with Crippen LogP contribution in [-0.2, 0) is 0 Å². The van der Waals surface area contributed by atoms with E-state index in [2.05, 4.69) is 36.0 Å². The van der Waals surface area contributed by atoms with E-state index >= 15 is 0 Å². The fourth-order valence-electron chi connectivity index (χ4n) is 3.47. The number of anilines is 1. The number of halogens is 1. The molecule has 0 saturated carbocycles. The van der Waals surface area contributed by atoms with Crippen LogP contribution in [0.15, 0.2) is 39.5 Å². The lowest BCUT2D eigenvalue weighted by molar-refractivity contribution is 0.348. The van der Waals surface area contributed by atoms with Gasteiger partial charge in [-0.05, 0) is 49.2 Å². The van der Waals surface area contributed by atoms with Gasteiger partial charge in [-0.2, -0.15) is 0 Å². The highest BCUT2D eigenvalue weighted by atomic mass is 35.5. The maximum atomic E-state index is 6.13.